The first-order chi connectivity index (χ1) is 10.9. The number of hydrogen-bond donors (Lipinski definition) is 1. The maximum Gasteiger partial charge on any atom is 0.269 e. The van der Waals surface area contributed by atoms with E-state index >= 15 is 0 Å². The van der Waals surface area contributed by atoms with Crippen molar-refractivity contribution >= 4 is 28.1 Å². The third-order valence-corrected chi connectivity index (χ3v) is 6.42. The Hall–Kier alpha value is -1.22. The molecule has 7 nitrogen and oxygen atoms in total. The molecule has 0 amide bonds. The van der Waals surface area contributed by atoms with E-state index in [4.69, 9.17) is 0 Å². The molecule has 1 fully saturated rings. The molecule has 0 aromatic heterocycles. The number of rotatable bonds is 6. The molecule has 1 aromatic rings. The fourth-order valence-corrected chi connectivity index (χ4v) is 4.64. The van der Waals surface area contributed by atoms with Crippen LogP contribution >= 0.6 is 12.4 Å². The van der Waals surface area contributed by atoms with Gasteiger partial charge >= 0.3 is 0 Å². The summed E-state index contributed by atoms with van der Waals surface area (Å²) in [5.41, 5.74) is 0.323. The van der Waals surface area contributed by atoms with Gasteiger partial charge in [0.25, 0.3) is 5.69 Å². The quantitative estimate of drug-likeness (QED) is 0.606. The van der Waals surface area contributed by atoms with Gasteiger partial charge in [-0.05, 0) is 57.3 Å². The lowest BCUT2D eigenvalue weighted by Crippen LogP contribution is -2.39. The largest absolute Gasteiger partial charge is 0.320 e. The van der Waals surface area contributed by atoms with Crippen molar-refractivity contribution in [1.29, 1.82) is 0 Å². The number of non-ortho nitro benzene ring substituents is 1. The van der Waals surface area contributed by atoms with E-state index in [0.717, 1.165) is 25.8 Å². The van der Waals surface area contributed by atoms with Crippen LogP contribution < -0.4 is 5.32 Å². The van der Waals surface area contributed by atoms with E-state index in [0.29, 0.717) is 24.6 Å². The third kappa shape index (κ3) is 4.66. The summed E-state index contributed by atoms with van der Waals surface area (Å²) in [5.74, 6) is 0.548. The average Bonchev–Trinajstić information content (AvgIpc) is 2.52. The van der Waals surface area contributed by atoms with E-state index in [2.05, 4.69) is 5.32 Å². The maximum atomic E-state index is 12.8. The van der Waals surface area contributed by atoms with Crippen LogP contribution in [0, 0.1) is 23.0 Å². The van der Waals surface area contributed by atoms with Crippen LogP contribution in [-0.2, 0) is 10.0 Å². The molecule has 0 unspecified atom stereocenters. The first-order valence-corrected chi connectivity index (χ1v) is 9.20. The van der Waals surface area contributed by atoms with Crippen LogP contribution in [0.3, 0.4) is 0 Å². The predicted molar refractivity (Wildman–Crippen MR) is 95.1 cm³/mol. The normalized spacial score (nSPS) is 16.6. The molecule has 1 aromatic carbocycles. The number of benzene rings is 1. The Morgan fingerprint density at radius 2 is 1.96 bits per heavy atom. The van der Waals surface area contributed by atoms with E-state index < -0.39 is 14.9 Å². The molecule has 0 atom stereocenters. The molecule has 1 aliphatic heterocycles. The topological polar surface area (TPSA) is 92.6 Å². The Balaban J connectivity index is 0.00000288. The van der Waals surface area contributed by atoms with Gasteiger partial charge in [0, 0.05) is 25.2 Å². The van der Waals surface area contributed by atoms with Gasteiger partial charge in [-0.25, -0.2) is 8.42 Å². The minimum absolute atomic E-state index is 0. The summed E-state index contributed by atoms with van der Waals surface area (Å²) in [7, 11) is -1.67. The van der Waals surface area contributed by atoms with Crippen molar-refractivity contribution < 1.29 is 13.3 Å². The lowest BCUT2D eigenvalue weighted by molar-refractivity contribution is -0.385. The van der Waals surface area contributed by atoms with E-state index in [9.17, 15) is 18.5 Å². The molecule has 136 valence electrons. The molecule has 9 heteroatoms. The van der Waals surface area contributed by atoms with Crippen molar-refractivity contribution in [3.63, 3.8) is 0 Å². The number of nitrogens with one attached hydrogen (secondary N) is 1. The monoisotopic (exact) mass is 377 g/mol. The molecule has 1 saturated heterocycles. The van der Waals surface area contributed by atoms with E-state index in [1.165, 1.54) is 22.5 Å². The van der Waals surface area contributed by atoms with E-state index in [-0.39, 0.29) is 23.0 Å². The smallest absolute Gasteiger partial charge is 0.269 e. The standard InChI is InChI=1S/C15H23N3O4S.ClH/c1-12-11-14(18(19)20)3-4-15(12)23(21,22)17-9-6-13(7-10-17)5-8-16-2;/h3-4,11,13,16H,5-10H2,1-2H3;1H. The first kappa shape index (κ1) is 20.8. The van der Waals surface area contributed by atoms with Crippen LogP contribution in [0.2, 0.25) is 0 Å². The Kier molecular flexibility index (Phi) is 7.59. The second kappa shape index (κ2) is 8.75. The SMILES string of the molecule is CNCCC1CCN(S(=O)(=O)c2ccc([N+](=O)[O-])cc2C)CC1.Cl. The second-order valence-corrected chi connectivity index (χ2v) is 7.85. The van der Waals surface area contributed by atoms with E-state index in [1.54, 1.807) is 6.92 Å². The van der Waals surface area contributed by atoms with Crippen LogP contribution in [0.5, 0.6) is 0 Å². The summed E-state index contributed by atoms with van der Waals surface area (Å²) in [6.07, 6.45) is 2.76. The molecule has 24 heavy (non-hydrogen) atoms. The number of sulfonamides is 1. The van der Waals surface area contributed by atoms with Crippen molar-refractivity contribution in [2.45, 2.75) is 31.1 Å². The van der Waals surface area contributed by atoms with Crippen molar-refractivity contribution in [1.82, 2.24) is 9.62 Å². The van der Waals surface area contributed by atoms with Gasteiger partial charge < -0.3 is 5.32 Å². The Morgan fingerprint density at radius 1 is 1.33 bits per heavy atom. The van der Waals surface area contributed by atoms with Gasteiger partial charge in [-0.1, -0.05) is 0 Å². The number of aryl methyl sites for hydroxylation is 1. The van der Waals surface area contributed by atoms with Gasteiger partial charge in [-0.15, -0.1) is 12.4 Å². The zero-order valence-corrected chi connectivity index (χ0v) is 15.5. The predicted octanol–water partition coefficient (Wildman–Crippen LogP) is 2.34. The fourth-order valence-electron chi connectivity index (χ4n) is 2.96. The van der Waals surface area contributed by atoms with Gasteiger partial charge in [0.05, 0.1) is 9.82 Å². The number of nitro benzene ring substituents is 1. The Morgan fingerprint density at radius 3 is 2.46 bits per heavy atom. The number of nitro groups is 1. The summed E-state index contributed by atoms with van der Waals surface area (Å²) in [6, 6.07) is 3.90. The highest BCUT2D eigenvalue weighted by molar-refractivity contribution is 7.89. The summed E-state index contributed by atoms with van der Waals surface area (Å²) in [4.78, 5) is 10.4. The molecule has 0 saturated carbocycles. The van der Waals surface area contributed by atoms with Crippen LogP contribution in [0.1, 0.15) is 24.8 Å². The zero-order valence-electron chi connectivity index (χ0n) is 13.9. The van der Waals surface area contributed by atoms with Gasteiger partial charge in [0.15, 0.2) is 0 Å². The fraction of sp³-hybridized carbons (Fsp3) is 0.600. The minimum atomic E-state index is -3.58. The molecular weight excluding hydrogens is 354 g/mol. The summed E-state index contributed by atoms with van der Waals surface area (Å²) in [5, 5.41) is 13.9. The summed E-state index contributed by atoms with van der Waals surface area (Å²) < 4.78 is 27.0. The molecule has 0 radical (unpaired) electrons. The van der Waals surface area contributed by atoms with Crippen LogP contribution in [0.25, 0.3) is 0 Å². The Bertz CT molecular complexity index is 673. The lowest BCUT2D eigenvalue weighted by Gasteiger charge is -2.31. The van der Waals surface area contributed by atoms with Gasteiger partial charge in [0.2, 0.25) is 10.0 Å². The van der Waals surface area contributed by atoms with Crippen molar-refractivity contribution in [3.8, 4) is 0 Å². The maximum absolute atomic E-state index is 12.8. The van der Waals surface area contributed by atoms with Crippen LogP contribution in [0.15, 0.2) is 23.1 Å². The highest BCUT2D eigenvalue weighted by Gasteiger charge is 2.30. The molecular formula is C15H24ClN3O4S. The summed E-state index contributed by atoms with van der Waals surface area (Å²) in [6.45, 7) is 3.55. The van der Waals surface area contributed by atoms with Crippen molar-refractivity contribution in [2.75, 3.05) is 26.7 Å². The highest BCUT2D eigenvalue weighted by Crippen LogP contribution is 2.28. The van der Waals surface area contributed by atoms with Crippen LogP contribution in [-0.4, -0.2) is 44.3 Å². The zero-order chi connectivity index (χ0) is 17.0. The first-order valence-electron chi connectivity index (χ1n) is 7.76. The van der Waals surface area contributed by atoms with Crippen molar-refractivity contribution in [3.05, 3.63) is 33.9 Å². The van der Waals surface area contributed by atoms with E-state index in [1.807, 2.05) is 7.05 Å². The molecule has 0 bridgehead atoms. The second-order valence-electron chi connectivity index (χ2n) is 5.95. The highest BCUT2D eigenvalue weighted by atomic mass is 35.5. The summed E-state index contributed by atoms with van der Waals surface area (Å²) >= 11 is 0. The third-order valence-electron chi connectivity index (χ3n) is 4.36. The average molecular weight is 378 g/mol. The van der Waals surface area contributed by atoms with Gasteiger partial charge in [-0.2, -0.15) is 4.31 Å². The molecule has 0 aliphatic carbocycles. The lowest BCUT2D eigenvalue weighted by atomic mass is 9.95. The molecule has 0 spiro atoms. The number of piperidine rings is 1. The number of nitrogens with zero attached hydrogens (tertiary/aromatic N) is 2. The molecule has 1 heterocycles. The number of halogens is 1. The number of hydrogen-bond acceptors (Lipinski definition) is 5. The van der Waals surface area contributed by atoms with Crippen molar-refractivity contribution in [2.24, 2.45) is 5.92 Å². The van der Waals surface area contributed by atoms with Gasteiger partial charge in [-0.3, -0.25) is 10.1 Å². The van der Waals surface area contributed by atoms with Gasteiger partial charge in [0.1, 0.15) is 0 Å². The molecule has 1 N–H and O–H groups in total. The Labute approximate surface area is 149 Å². The molecule has 2 rings (SSSR count). The molecule has 1 aliphatic rings. The van der Waals surface area contributed by atoms with Crippen LogP contribution in [0.4, 0.5) is 5.69 Å². The minimum Gasteiger partial charge on any atom is -0.320 e.